The molecule has 2 aliphatic heterocycles. The van der Waals surface area contributed by atoms with E-state index in [1.165, 1.54) is 43.2 Å². The van der Waals surface area contributed by atoms with E-state index in [1.807, 2.05) is 0 Å². The summed E-state index contributed by atoms with van der Waals surface area (Å²) in [5.41, 5.74) is 3.08. The fraction of sp³-hybridized carbons (Fsp3) is 0.600. The molecule has 8 atom stereocenters. The van der Waals surface area contributed by atoms with Gasteiger partial charge in [-0.3, -0.25) is 0 Å². The topological polar surface area (TPSA) is 43.5 Å². The van der Waals surface area contributed by atoms with Crippen LogP contribution < -0.4 is 9.47 Å². The van der Waals surface area contributed by atoms with Crippen LogP contribution in [-0.2, 0) is 14.9 Å². The third kappa shape index (κ3) is 3.10. The summed E-state index contributed by atoms with van der Waals surface area (Å²) in [4.78, 5) is 0. The fourth-order valence-electron chi connectivity index (χ4n) is 8.87. The molecule has 4 nitrogen and oxygen atoms in total. The van der Waals surface area contributed by atoms with Gasteiger partial charge in [-0.1, -0.05) is 24.3 Å². The quantitative estimate of drug-likeness (QED) is 0.401. The van der Waals surface area contributed by atoms with E-state index in [9.17, 15) is 0 Å². The highest BCUT2D eigenvalue weighted by atomic mass is 16.6. The van der Waals surface area contributed by atoms with Crippen molar-refractivity contribution in [1.82, 2.24) is 0 Å². The lowest BCUT2D eigenvalue weighted by Crippen LogP contribution is -2.43. The molecule has 4 aliphatic carbocycles. The Morgan fingerprint density at radius 2 is 1.21 bits per heavy atom. The van der Waals surface area contributed by atoms with Crippen LogP contribution in [0, 0.1) is 35.5 Å². The van der Waals surface area contributed by atoms with Gasteiger partial charge in [0.1, 0.15) is 36.9 Å². The second-order valence-corrected chi connectivity index (χ2v) is 11.8. The van der Waals surface area contributed by atoms with E-state index in [4.69, 9.17) is 18.9 Å². The highest BCUT2D eigenvalue weighted by molar-refractivity contribution is 5.47. The van der Waals surface area contributed by atoms with E-state index < -0.39 is 0 Å². The molecule has 178 valence electrons. The van der Waals surface area contributed by atoms with Crippen LogP contribution in [0.2, 0.25) is 0 Å². The second kappa shape index (κ2) is 7.48. The van der Waals surface area contributed by atoms with Gasteiger partial charge in [-0.15, -0.1) is 0 Å². The molecule has 8 rings (SSSR count). The highest BCUT2D eigenvalue weighted by Gasteiger charge is 2.67. The van der Waals surface area contributed by atoms with Crippen molar-refractivity contribution in [2.45, 2.75) is 49.7 Å². The molecule has 0 radical (unpaired) electrons. The van der Waals surface area contributed by atoms with Gasteiger partial charge in [0.2, 0.25) is 0 Å². The molecule has 4 bridgehead atoms. The zero-order valence-electron chi connectivity index (χ0n) is 19.7. The standard InChI is InChI=1S/C30H34O4/c1-2-19-11-18(1)28-20-12-27(29(19)28)30(13-20,21-3-7-23(8-4-21)31-14-25-16-33-25)22-5-9-24(10-6-22)32-15-26-17-34-26/h3-10,18-20,25-29H,1-2,11-17H2. The average molecular weight is 459 g/mol. The third-order valence-corrected chi connectivity index (χ3v) is 10.2. The largest absolute Gasteiger partial charge is 0.491 e. The van der Waals surface area contributed by atoms with E-state index in [-0.39, 0.29) is 5.41 Å². The van der Waals surface area contributed by atoms with Crippen LogP contribution in [0.4, 0.5) is 0 Å². The zero-order valence-corrected chi connectivity index (χ0v) is 19.7. The SMILES string of the molecule is c1cc(C2(c3ccc(OCC4CO4)cc3)CC3CC2C2C4CCC(C4)C32)ccc1OCC1CO1. The van der Waals surface area contributed by atoms with Crippen LogP contribution in [0.1, 0.15) is 43.2 Å². The summed E-state index contributed by atoms with van der Waals surface area (Å²) < 4.78 is 22.6. The van der Waals surface area contributed by atoms with E-state index in [0.717, 1.165) is 60.2 Å². The van der Waals surface area contributed by atoms with Gasteiger partial charge >= 0.3 is 0 Å². The number of epoxide rings is 2. The van der Waals surface area contributed by atoms with Crippen molar-refractivity contribution in [3.63, 3.8) is 0 Å². The predicted octanol–water partition coefficient (Wildman–Crippen LogP) is 5.23. The Bertz CT molecular complexity index is 995. The minimum atomic E-state index is 0.118. The molecule has 2 saturated heterocycles. The monoisotopic (exact) mass is 458 g/mol. The number of ether oxygens (including phenoxy) is 4. The van der Waals surface area contributed by atoms with Crippen molar-refractivity contribution in [2.24, 2.45) is 35.5 Å². The Morgan fingerprint density at radius 1 is 0.676 bits per heavy atom. The molecule has 4 heteroatoms. The van der Waals surface area contributed by atoms with Crippen molar-refractivity contribution < 1.29 is 18.9 Å². The first kappa shape index (κ1) is 20.2. The normalized spacial score (nSPS) is 42.6. The minimum absolute atomic E-state index is 0.118. The van der Waals surface area contributed by atoms with Gasteiger partial charge in [0.25, 0.3) is 0 Å². The molecular weight excluding hydrogens is 424 g/mol. The molecule has 2 aromatic rings. The molecular formula is C30H34O4. The number of hydrogen-bond acceptors (Lipinski definition) is 4. The van der Waals surface area contributed by atoms with Crippen molar-refractivity contribution in [3.05, 3.63) is 59.7 Å². The molecule has 34 heavy (non-hydrogen) atoms. The number of benzene rings is 2. The zero-order chi connectivity index (χ0) is 22.3. The molecule has 0 spiro atoms. The molecule has 2 heterocycles. The van der Waals surface area contributed by atoms with Gasteiger partial charge in [-0.2, -0.15) is 0 Å². The number of hydrogen-bond donors (Lipinski definition) is 0. The summed E-state index contributed by atoms with van der Waals surface area (Å²) in [6.07, 6.45) is 7.76. The number of rotatable bonds is 8. The molecule has 6 aliphatic rings. The van der Waals surface area contributed by atoms with Crippen LogP contribution in [0.25, 0.3) is 0 Å². The lowest BCUT2D eigenvalue weighted by molar-refractivity contribution is 0.100. The van der Waals surface area contributed by atoms with Crippen LogP contribution in [0.3, 0.4) is 0 Å². The van der Waals surface area contributed by atoms with Gasteiger partial charge in [0.15, 0.2) is 0 Å². The molecule has 8 unspecified atom stereocenters. The van der Waals surface area contributed by atoms with Crippen molar-refractivity contribution >= 4 is 0 Å². The Kier molecular flexibility index (Phi) is 4.44. The van der Waals surface area contributed by atoms with Gasteiger partial charge in [-0.25, -0.2) is 0 Å². The molecule has 4 saturated carbocycles. The smallest absolute Gasteiger partial charge is 0.119 e. The summed E-state index contributed by atoms with van der Waals surface area (Å²) in [5, 5.41) is 0. The fourth-order valence-corrected chi connectivity index (χ4v) is 8.87. The summed E-state index contributed by atoms with van der Waals surface area (Å²) in [6, 6.07) is 18.2. The lowest BCUT2D eigenvalue weighted by atomic mass is 9.56. The molecule has 0 amide bonds. The predicted molar refractivity (Wildman–Crippen MR) is 128 cm³/mol. The van der Waals surface area contributed by atoms with Gasteiger partial charge in [-0.05, 0) is 103 Å². The van der Waals surface area contributed by atoms with E-state index in [1.54, 1.807) is 0 Å². The molecule has 0 aromatic heterocycles. The van der Waals surface area contributed by atoms with E-state index >= 15 is 0 Å². The number of fused-ring (bicyclic) bond motifs is 9. The van der Waals surface area contributed by atoms with Crippen molar-refractivity contribution in [1.29, 1.82) is 0 Å². The van der Waals surface area contributed by atoms with Crippen molar-refractivity contribution in [3.8, 4) is 11.5 Å². The molecule has 0 N–H and O–H groups in total. The Hall–Kier alpha value is -2.04. The maximum atomic E-state index is 5.97. The van der Waals surface area contributed by atoms with Crippen molar-refractivity contribution in [2.75, 3.05) is 26.4 Å². The summed E-state index contributed by atoms with van der Waals surface area (Å²) in [6.45, 7) is 3.00. The minimum Gasteiger partial charge on any atom is -0.491 e. The Balaban J connectivity index is 1.14. The maximum absolute atomic E-state index is 5.97. The highest BCUT2D eigenvalue weighted by Crippen LogP contribution is 2.73. The third-order valence-electron chi connectivity index (χ3n) is 10.2. The second-order valence-electron chi connectivity index (χ2n) is 11.8. The van der Waals surface area contributed by atoms with Gasteiger partial charge < -0.3 is 18.9 Å². The van der Waals surface area contributed by atoms with E-state index in [0.29, 0.717) is 25.4 Å². The van der Waals surface area contributed by atoms with Crippen LogP contribution >= 0.6 is 0 Å². The first-order chi connectivity index (χ1) is 16.8. The van der Waals surface area contributed by atoms with Crippen LogP contribution in [0.5, 0.6) is 11.5 Å². The summed E-state index contributed by atoms with van der Waals surface area (Å²) >= 11 is 0. The lowest BCUT2D eigenvalue weighted by Gasteiger charge is -2.47. The average Bonchev–Trinajstić information content (AvgIpc) is 3.72. The van der Waals surface area contributed by atoms with E-state index in [2.05, 4.69) is 48.5 Å². The first-order valence-corrected chi connectivity index (χ1v) is 13.5. The first-order valence-electron chi connectivity index (χ1n) is 13.5. The molecule has 2 aromatic carbocycles. The Labute approximate surface area is 201 Å². The summed E-state index contributed by atoms with van der Waals surface area (Å²) in [7, 11) is 0. The van der Waals surface area contributed by atoms with Crippen LogP contribution in [0.15, 0.2) is 48.5 Å². The van der Waals surface area contributed by atoms with Gasteiger partial charge in [0, 0.05) is 5.41 Å². The summed E-state index contributed by atoms with van der Waals surface area (Å²) in [5.74, 6) is 7.47. The maximum Gasteiger partial charge on any atom is 0.119 e. The van der Waals surface area contributed by atoms with Gasteiger partial charge in [0.05, 0.1) is 13.2 Å². The van der Waals surface area contributed by atoms with Crippen LogP contribution in [-0.4, -0.2) is 38.6 Å². The Morgan fingerprint density at radius 3 is 1.74 bits per heavy atom. The molecule has 6 fully saturated rings.